The molecule has 5 nitrogen and oxygen atoms in total. The van der Waals surface area contributed by atoms with Crippen LogP contribution in [0.3, 0.4) is 0 Å². The van der Waals surface area contributed by atoms with Gasteiger partial charge in [0.15, 0.2) is 18.1 Å². The fraction of sp³-hybridized carbons (Fsp3) is 0.103. The normalized spacial score (nSPS) is 11.0. The van der Waals surface area contributed by atoms with Gasteiger partial charge in [-0.1, -0.05) is 60.2 Å². The smallest absolute Gasteiger partial charge is 0.262 e. The summed E-state index contributed by atoms with van der Waals surface area (Å²) in [6.45, 7) is 1.83. The Morgan fingerprint density at radius 1 is 0.941 bits per heavy atom. The van der Waals surface area contributed by atoms with Gasteiger partial charge in [0, 0.05) is 5.69 Å². The van der Waals surface area contributed by atoms with E-state index in [0.29, 0.717) is 22.8 Å². The van der Waals surface area contributed by atoms with Gasteiger partial charge in [0.2, 0.25) is 0 Å². The molecule has 0 saturated carbocycles. The van der Waals surface area contributed by atoms with Crippen LogP contribution < -0.4 is 14.8 Å². The third-order valence-corrected chi connectivity index (χ3v) is 5.37. The molecule has 1 amide bonds. The van der Waals surface area contributed by atoms with Gasteiger partial charge in [-0.2, -0.15) is 5.26 Å². The van der Waals surface area contributed by atoms with Gasteiger partial charge in [0.05, 0.1) is 18.8 Å². The fourth-order valence-corrected chi connectivity index (χ4v) is 3.57. The number of hydrogen-bond donors (Lipinski definition) is 1. The highest BCUT2D eigenvalue weighted by atomic mass is 16.5. The monoisotopic (exact) mass is 448 g/mol. The molecule has 0 heterocycles. The van der Waals surface area contributed by atoms with E-state index in [1.54, 1.807) is 18.2 Å². The molecule has 5 heteroatoms. The molecule has 0 aliphatic rings. The van der Waals surface area contributed by atoms with E-state index in [1.165, 1.54) is 7.11 Å². The Hall–Kier alpha value is -4.56. The van der Waals surface area contributed by atoms with Crippen molar-refractivity contribution in [2.75, 3.05) is 19.0 Å². The van der Waals surface area contributed by atoms with Crippen LogP contribution in [0.4, 0.5) is 5.69 Å². The van der Waals surface area contributed by atoms with Crippen molar-refractivity contribution in [3.63, 3.8) is 0 Å². The minimum atomic E-state index is -0.266. The number of fused-ring (bicyclic) bond motifs is 1. The fourth-order valence-electron chi connectivity index (χ4n) is 3.57. The van der Waals surface area contributed by atoms with Crippen LogP contribution in [0.2, 0.25) is 0 Å². The summed E-state index contributed by atoms with van der Waals surface area (Å²) < 4.78 is 11.1. The van der Waals surface area contributed by atoms with Gasteiger partial charge in [-0.15, -0.1) is 0 Å². The number of nitrogens with one attached hydrogen (secondary N) is 1. The van der Waals surface area contributed by atoms with Crippen LogP contribution in [0.1, 0.15) is 16.7 Å². The van der Waals surface area contributed by atoms with Crippen LogP contribution in [0, 0.1) is 18.3 Å². The average molecular weight is 449 g/mol. The molecule has 0 aliphatic carbocycles. The minimum absolute atomic E-state index is 0.153. The maximum absolute atomic E-state index is 12.2. The second kappa shape index (κ2) is 10.4. The third-order valence-electron chi connectivity index (χ3n) is 5.37. The molecular weight excluding hydrogens is 424 g/mol. The van der Waals surface area contributed by atoms with E-state index in [9.17, 15) is 10.1 Å². The van der Waals surface area contributed by atoms with Gasteiger partial charge in [0.25, 0.3) is 5.91 Å². The van der Waals surface area contributed by atoms with E-state index in [0.717, 1.165) is 27.5 Å². The van der Waals surface area contributed by atoms with Crippen molar-refractivity contribution in [3.05, 3.63) is 102 Å². The van der Waals surface area contributed by atoms with E-state index in [-0.39, 0.29) is 12.5 Å². The lowest BCUT2D eigenvalue weighted by Crippen LogP contribution is -2.20. The van der Waals surface area contributed by atoms with Crippen LogP contribution in [0.5, 0.6) is 11.5 Å². The summed E-state index contributed by atoms with van der Waals surface area (Å²) in [6, 6.07) is 29.2. The van der Waals surface area contributed by atoms with Crippen LogP contribution in [0.15, 0.2) is 84.9 Å². The predicted molar refractivity (Wildman–Crippen MR) is 136 cm³/mol. The zero-order valence-electron chi connectivity index (χ0n) is 19.0. The average Bonchev–Trinajstić information content (AvgIpc) is 2.87. The molecule has 0 radical (unpaired) electrons. The van der Waals surface area contributed by atoms with E-state index in [1.807, 2.05) is 79.7 Å². The molecular formula is C29H24N2O3. The largest absolute Gasteiger partial charge is 0.493 e. The topological polar surface area (TPSA) is 71.3 Å². The number of nitriles is 1. The Bertz CT molecular complexity index is 1400. The molecule has 0 saturated heterocycles. The number of carbonyl (C=O) groups excluding carboxylic acids is 1. The number of nitrogens with zero attached hydrogens (tertiary/aromatic N) is 1. The summed E-state index contributed by atoms with van der Waals surface area (Å²) >= 11 is 0. The molecule has 168 valence electrons. The van der Waals surface area contributed by atoms with E-state index < -0.39 is 0 Å². The molecule has 0 unspecified atom stereocenters. The third kappa shape index (κ3) is 5.43. The Morgan fingerprint density at radius 3 is 2.44 bits per heavy atom. The summed E-state index contributed by atoms with van der Waals surface area (Å²) in [5, 5.41) is 14.8. The molecule has 0 spiro atoms. The van der Waals surface area contributed by atoms with Crippen molar-refractivity contribution < 1.29 is 14.3 Å². The maximum Gasteiger partial charge on any atom is 0.262 e. The van der Waals surface area contributed by atoms with Gasteiger partial charge in [-0.05, 0) is 65.2 Å². The molecule has 0 bridgehead atoms. The number of rotatable bonds is 7. The molecule has 0 fully saturated rings. The number of methoxy groups -OCH3 is 1. The molecule has 4 rings (SSSR count). The number of amides is 1. The van der Waals surface area contributed by atoms with Gasteiger partial charge < -0.3 is 14.8 Å². The summed E-state index contributed by atoms with van der Waals surface area (Å²) in [4.78, 5) is 12.2. The van der Waals surface area contributed by atoms with Gasteiger partial charge in [0.1, 0.15) is 0 Å². The molecule has 1 N–H and O–H groups in total. The first-order valence-corrected chi connectivity index (χ1v) is 10.8. The highest BCUT2D eigenvalue weighted by molar-refractivity contribution is 5.94. The lowest BCUT2D eigenvalue weighted by atomic mass is 10.00. The Morgan fingerprint density at radius 2 is 1.71 bits per heavy atom. The van der Waals surface area contributed by atoms with E-state index in [2.05, 4.69) is 11.4 Å². The van der Waals surface area contributed by atoms with Crippen molar-refractivity contribution in [1.29, 1.82) is 5.26 Å². The van der Waals surface area contributed by atoms with Crippen molar-refractivity contribution in [2.45, 2.75) is 6.92 Å². The van der Waals surface area contributed by atoms with Crippen LogP contribution in [0.25, 0.3) is 22.4 Å². The summed E-state index contributed by atoms with van der Waals surface area (Å²) in [5.74, 6) is 0.661. The van der Waals surface area contributed by atoms with Crippen LogP contribution in [-0.2, 0) is 4.79 Å². The number of ether oxygens (including phenoxy) is 2. The Kier molecular flexibility index (Phi) is 6.90. The Balaban J connectivity index is 1.49. The number of anilines is 1. The zero-order chi connectivity index (χ0) is 23.9. The second-order valence-corrected chi connectivity index (χ2v) is 7.84. The standard InChI is InChI=1S/C29H24N2O3/c1-20-7-12-26(13-8-20)31-29(32)19-34-27-14-9-21(16-28(27)33-2)15-25(18-30)24-11-10-22-5-3-4-6-23(22)17-24/h3-17H,19H2,1-2H3,(H,31,32). The first-order valence-electron chi connectivity index (χ1n) is 10.8. The van der Waals surface area contributed by atoms with Gasteiger partial charge in [-0.3, -0.25) is 4.79 Å². The molecule has 0 aromatic heterocycles. The number of carbonyl (C=O) groups is 1. The predicted octanol–water partition coefficient (Wildman–Crippen LogP) is 6.24. The molecule has 0 atom stereocenters. The van der Waals surface area contributed by atoms with E-state index >= 15 is 0 Å². The zero-order valence-corrected chi connectivity index (χ0v) is 19.0. The number of hydrogen-bond acceptors (Lipinski definition) is 4. The first kappa shape index (κ1) is 22.6. The lowest BCUT2D eigenvalue weighted by molar-refractivity contribution is -0.118. The maximum atomic E-state index is 12.2. The molecule has 34 heavy (non-hydrogen) atoms. The van der Waals surface area contributed by atoms with Crippen LogP contribution >= 0.6 is 0 Å². The summed E-state index contributed by atoms with van der Waals surface area (Å²) in [5.41, 5.74) is 4.00. The lowest BCUT2D eigenvalue weighted by Gasteiger charge is -2.12. The van der Waals surface area contributed by atoms with Crippen molar-refractivity contribution >= 4 is 34.0 Å². The highest BCUT2D eigenvalue weighted by Gasteiger charge is 2.10. The highest BCUT2D eigenvalue weighted by Crippen LogP contribution is 2.30. The Labute approximate surface area is 198 Å². The van der Waals surface area contributed by atoms with Gasteiger partial charge >= 0.3 is 0 Å². The van der Waals surface area contributed by atoms with Crippen molar-refractivity contribution in [3.8, 4) is 17.6 Å². The number of aryl methyl sites for hydroxylation is 1. The molecule has 4 aromatic rings. The second-order valence-electron chi connectivity index (χ2n) is 7.84. The van der Waals surface area contributed by atoms with Gasteiger partial charge in [-0.25, -0.2) is 0 Å². The minimum Gasteiger partial charge on any atom is -0.493 e. The first-order chi connectivity index (χ1) is 16.6. The SMILES string of the molecule is COc1cc(C=C(C#N)c2ccc3ccccc3c2)ccc1OCC(=O)Nc1ccc(C)cc1. The van der Waals surface area contributed by atoms with Crippen molar-refractivity contribution in [2.24, 2.45) is 0 Å². The molecule has 4 aromatic carbocycles. The summed E-state index contributed by atoms with van der Waals surface area (Å²) in [7, 11) is 1.54. The van der Waals surface area contributed by atoms with Crippen LogP contribution in [-0.4, -0.2) is 19.6 Å². The summed E-state index contributed by atoms with van der Waals surface area (Å²) in [6.07, 6.45) is 1.81. The van der Waals surface area contributed by atoms with E-state index in [4.69, 9.17) is 9.47 Å². The number of benzene rings is 4. The number of allylic oxidation sites excluding steroid dienone is 1. The van der Waals surface area contributed by atoms with Crippen molar-refractivity contribution in [1.82, 2.24) is 0 Å². The quantitative estimate of drug-likeness (QED) is 0.268. The molecule has 0 aliphatic heterocycles.